The quantitative estimate of drug-likeness (QED) is 0.784. The Kier molecular flexibility index (Phi) is 2.89. The smallest absolute Gasteiger partial charge is 0.317 e. The second-order valence-corrected chi connectivity index (χ2v) is 5.87. The Bertz CT molecular complexity index is 532. The van der Waals surface area contributed by atoms with Crippen molar-refractivity contribution in [1.29, 1.82) is 0 Å². The molecule has 0 saturated carbocycles. The highest BCUT2D eigenvalue weighted by Crippen LogP contribution is 2.29. The zero-order valence-electron chi connectivity index (χ0n) is 11.5. The van der Waals surface area contributed by atoms with E-state index < -0.39 is 0 Å². The van der Waals surface area contributed by atoms with Crippen LogP contribution in [-0.2, 0) is 6.54 Å². The number of benzene rings is 1. The lowest BCUT2D eigenvalue weighted by atomic mass is 9.94. The Balaban J connectivity index is 1.56. The van der Waals surface area contributed by atoms with Crippen LogP contribution in [-0.4, -0.2) is 54.6 Å². The van der Waals surface area contributed by atoms with E-state index in [-0.39, 0.29) is 6.03 Å². The van der Waals surface area contributed by atoms with Gasteiger partial charge >= 0.3 is 6.03 Å². The summed E-state index contributed by atoms with van der Waals surface area (Å²) in [5, 5.41) is 6.47. The lowest BCUT2D eigenvalue weighted by Crippen LogP contribution is -2.54. The van der Waals surface area contributed by atoms with Crippen LogP contribution in [0.2, 0.25) is 0 Å². The molecule has 20 heavy (non-hydrogen) atoms. The number of hydrogen-bond acceptors (Lipinski definition) is 3. The van der Waals surface area contributed by atoms with Crippen molar-refractivity contribution in [3.05, 3.63) is 35.4 Å². The van der Waals surface area contributed by atoms with E-state index in [1.54, 1.807) is 0 Å². The lowest BCUT2D eigenvalue weighted by molar-refractivity contribution is 0.0842. The number of amides is 2. The second-order valence-electron chi connectivity index (χ2n) is 5.87. The monoisotopic (exact) mass is 272 g/mol. The number of piperazine rings is 1. The summed E-state index contributed by atoms with van der Waals surface area (Å²) in [7, 11) is 0. The van der Waals surface area contributed by atoms with Crippen LogP contribution in [0.3, 0.4) is 0 Å². The zero-order chi connectivity index (χ0) is 13.5. The first kappa shape index (κ1) is 12.2. The molecule has 3 aliphatic heterocycles. The number of nitrogens with one attached hydrogen (secondary N) is 2. The average Bonchev–Trinajstić information content (AvgIpc) is 2.87. The van der Waals surface area contributed by atoms with Crippen LogP contribution in [0.4, 0.5) is 4.79 Å². The van der Waals surface area contributed by atoms with Gasteiger partial charge < -0.3 is 15.5 Å². The van der Waals surface area contributed by atoms with E-state index in [1.165, 1.54) is 11.1 Å². The summed E-state index contributed by atoms with van der Waals surface area (Å²) in [6.45, 7) is 5.54. The number of carbonyl (C=O) groups is 1. The van der Waals surface area contributed by atoms with Gasteiger partial charge in [0.25, 0.3) is 0 Å². The third-order valence-electron chi connectivity index (χ3n) is 4.77. The number of carbonyl (C=O) groups excluding carboxylic acids is 1. The standard InChI is InChI=1S/C15H20N4O/c20-15-17-8-12-10-18(5-6-19(12)15)14-9-16-7-11-3-1-2-4-13(11)14/h1-4,12,14,16H,5-10H2,(H,17,20). The van der Waals surface area contributed by atoms with Crippen molar-refractivity contribution in [2.45, 2.75) is 18.6 Å². The predicted molar refractivity (Wildman–Crippen MR) is 76.4 cm³/mol. The molecule has 0 spiro atoms. The van der Waals surface area contributed by atoms with Gasteiger partial charge in [-0.2, -0.15) is 0 Å². The largest absolute Gasteiger partial charge is 0.336 e. The van der Waals surface area contributed by atoms with Crippen LogP contribution >= 0.6 is 0 Å². The van der Waals surface area contributed by atoms with Crippen LogP contribution < -0.4 is 10.6 Å². The molecule has 2 amide bonds. The van der Waals surface area contributed by atoms with E-state index in [9.17, 15) is 4.79 Å². The third kappa shape index (κ3) is 1.89. The van der Waals surface area contributed by atoms with E-state index in [0.717, 1.165) is 39.3 Å². The van der Waals surface area contributed by atoms with Gasteiger partial charge in [0.15, 0.2) is 0 Å². The predicted octanol–water partition coefficient (Wildman–Crippen LogP) is 0.540. The van der Waals surface area contributed by atoms with Gasteiger partial charge in [-0.15, -0.1) is 0 Å². The van der Waals surface area contributed by atoms with Crippen LogP contribution in [0.5, 0.6) is 0 Å². The molecule has 106 valence electrons. The van der Waals surface area contributed by atoms with Crippen molar-refractivity contribution in [3.63, 3.8) is 0 Å². The molecule has 0 radical (unpaired) electrons. The van der Waals surface area contributed by atoms with Crippen molar-refractivity contribution in [3.8, 4) is 0 Å². The molecular weight excluding hydrogens is 252 g/mol. The van der Waals surface area contributed by atoms with Crippen LogP contribution in [0.25, 0.3) is 0 Å². The van der Waals surface area contributed by atoms with Gasteiger partial charge in [-0.25, -0.2) is 4.79 Å². The highest BCUT2D eigenvalue weighted by atomic mass is 16.2. The molecule has 2 unspecified atom stereocenters. The molecule has 0 aliphatic carbocycles. The van der Waals surface area contributed by atoms with Crippen molar-refractivity contribution in [1.82, 2.24) is 20.4 Å². The highest BCUT2D eigenvalue weighted by molar-refractivity contribution is 5.77. The van der Waals surface area contributed by atoms with E-state index in [0.29, 0.717) is 12.1 Å². The van der Waals surface area contributed by atoms with Gasteiger partial charge in [0.05, 0.1) is 6.04 Å². The molecular formula is C15H20N4O. The number of fused-ring (bicyclic) bond motifs is 2. The van der Waals surface area contributed by atoms with Crippen LogP contribution in [0.1, 0.15) is 17.2 Å². The summed E-state index contributed by atoms with van der Waals surface area (Å²) < 4.78 is 0. The molecule has 2 saturated heterocycles. The summed E-state index contributed by atoms with van der Waals surface area (Å²) in [5.41, 5.74) is 2.86. The Labute approximate surface area is 118 Å². The first-order chi connectivity index (χ1) is 9.83. The summed E-state index contributed by atoms with van der Waals surface area (Å²) in [6, 6.07) is 9.60. The molecule has 0 aromatic heterocycles. The Hall–Kier alpha value is -1.59. The molecule has 2 N–H and O–H groups in total. The maximum Gasteiger partial charge on any atom is 0.317 e. The molecule has 0 bridgehead atoms. The minimum Gasteiger partial charge on any atom is -0.336 e. The van der Waals surface area contributed by atoms with Gasteiger partial charge in [-0.3, -0.25) is 4.90 Å². The SMILES string of the molecule is O=C1NCC2CN(C3CNCc4ccccc43)CCN12. The highest BCUT2D eigenvalue weighted by Gasteiger charge is 2.38. The maximum atomic E-state index is 11.7. The Morgan fingerprint density at radius 1 is 1.15 bits per heavy atom. The van der Waals surface area contributed by atoms with E-state index in [1.807, 2.05) is 4.90 Å². The number of hydrogen-bond donors (Lipinski definition) is 2. The zero-order valence-corrected chi connectivity index (χ0v) is 11.5. The fourth-order valence-corrected chi connectivity index (χ4v) is 3.71. The average molecular weight is 272 g/mol. The first-order valence-electron chi connectivity index (χ1n) is 7.40. The third-order valence-corrected chi connectivity index (χ3v) is 4.77. The Morgan fingerprint density at radius 3 is 3.00 bits per heavy atom. The fraction of sp³-hybridized carbons (Fsp3) is 0.533. The van der Waals surface area contributed by atoms with Gasteiger partial charge in [0.1, 0.15) is 0 Å². The van der Waals surface area contributed by atoms with Gasteiger partial charge in [-0.1, -0.05) is 24.3 Å². The maximum absolute atomic E-state index is 11.7. The fourth-order valence-electron chi connectivity index (χ4n) is 3.71. The van der Waals surface area contributed by atoms with Crippen molar-refractivity contribution in [2.24, 2.45) is 0 Å². The van der Waals surface area contributed by atoms with Crippen molar-refractivity contribution in [2.75, 3.05) is 32.7 Å². The summed E-state index contributed by atoms with van der Waals surface area (Å²) in [6.07, 6.45) is 0. The van der Waals surface area contributed by atoms with Gasteiger partial charge in [0.2, 0.25) is 0 Å². The Morgan fingerprint density at radius 2 is 2.05 bits per heavy atom. The normalized spacial score (nSPS) is 29.8. The topological polar surface area (TPSA) is 47.6 Å². The summed E-state index contributed by atoms with van der Waals surface area (Å²) in [4.78, 5) is 16.2. The molecule has 1 aromatic rings. The molecule has 2 fully saturated rings. The van der Waals surface area contributed by atoms with Crippen LogP contribution in [0.15, 0.2) is 24.3 Å². The molecule has 5 heteroatoms. The summed E-state index contributed by atoms with van der Waals surface area (Å²) >= 11 is 0. The van der Waals surface area contributed by atoms with Crippen LogP contribution in [0, 0.1) is 0 Å². The van der Waals surface area contributed by atoms with Gasteiger partial charge in [-0.05, 0) is 11.1 Å². The van der Waals surface area contributed by atoms with Crippen molar-refractivity contribution < 1.29 is 4.79 Å². The summed E-state index contributed by atoms with van der Waals surface area (Å²) in [5.74, 6) is 0. The first-order valence-corrected chi connectivity index (χ1v) is 7.40. The van der Waals surface area contributed by atoms with Crippen molar-refractivity contribution >= 4 is 6.03 Å². The minimum atomic E-state index is 0.108. The molecule has 1 aromatic carbocycles. The molecule has 2 atom stereocenters. The molecule has 3 aliphatic rings. The number of rotatable bonds is 1. The van der Waals surface area contributed by atoms with Gasteiger partial charge in [0, 0.05) is 45.3 Å². The van der Waals surface area contributed by atoms with E-state index >= 15 is 0 Å². The van der Waals surface area contributed by atoms with E-state index in [4.69, 9.17) is 0 Å². The number of urea groups is 1. The lowest BCUT2D eigenvalue weighted by Gasteiger charge is -2.42. The second kappa shape index (κ2) is 4.75. The molecule has 3 heterocycles. The minimum absolute atomic E-state index is 0.108. The molecule has 5 nitrogen and oxygen atoms in total. The van der Waals surface area contributed by atoms with E-state index in [2.05, 4.69) is 39.8 Å². The number of nitrogens with zero attached hydrogens (tertiary/aromatic N) is 2. The molecule has 4 rings (SSSR count).